The smallest absolute Gasteiger partial charge is 0.269 e. The van der Waals surface area contributed by atoms with Gasteiger partial charge in [-0.25, -0.2) is 17.4 Å². The van der Waals surface area contributed by atoms with Crippen molar-refractivity contribution in [2.24, 2.45) is 0 Å². The summed E-state index contributed by atoms with van der Waals surface area (Å²) >= 11 is 0. The predicted octanol–water partition coefficient (Wildman–Crippen LogP) is 2.87. The normalized spacial score (nSPS) is 11.9. The van der Waals surface area contributed by atoms with Crippen molar-refractivity contribution in [1.29, 1.82) is 0 Å². The van der Waals surface area contributed by atoms with E-state index in [9.17, 15) is 8.42 Å². The third-order valence-corrected chi connectivity index (χ3v) is 5.20. The summed E-state index contributed by atoms with van der Waals surface area (Å²) in [7, 11) is -2.08. The summed E-state index contributed by atoms with van der Waals surface area (Å²) in [5.74, 6) is 1.23. The lowest BCUT2D eigenvalue weighted by Crippen LogP contribution is -2.17. The summed E-state index contributed by atoms with van der Waals surface area (Å²) < 4.78 is 32.2. The number of aromatic nitrogens is 2. The molecule has 2 rings (SSSR count). The molecule has 114 valence electrons. The average Bonchev–Trinajstić information content (AvgIpc) is 2.91. The lowest BCUT2D eigenvalue weighted by atomic mass is 10.1. The number of hydrogen-bond donors (Lipinski definition) is 0. The van der Waals surface area contributed by atoms with Gasteiger partial charge in [-0.05, 0) is 37.1 Å². The molecule has 0 unspecified atom stereocenters. The van der Waals surface area contributed by atoms with Crippen LogP contribution in [0.15, 0.2) is 29.4 Å². The van der Waals surface area contributed by atoms with Gasteiger partial charge in [0.25, 0.3) is 10.0 Å². The number of aryl methyl sites for hydroxylation is 2. The van der Waals surface area contributed by atoms with Crippen LogP contribution in [0, 0.1) is 13.8 Å². The second-order valence-electron chi connectivity index (χ2n) is 5.33. The van der Waals surface area contributed by atoms with Crippen molar-refractivity contribution < 1.29 is 13.2 Å². The van der Waals surface area contributed by atoms with Crippen molar-refractivity contribution in [2.45, 2.75) is 38.5 Å². The molecular weight excluding hydrogens is 288 g/mol. The minimum absolute atomic E-state index is 0.0226. The Morgan fingerprint density at radius 3 is 2.43 bits per heavy atom. The molecule has 0 radical (unpaired) electrons. The lowest BCUT2D eigenvalue weighted by molar-refractivity contribution is 0.411. The zero-order chi connectivity index (χ0) is 15.8. The molecule has 0 amide bonds. The van der Waals surface area contributed by atoms with Crippen molar-refractivity contribution in [3.63, 3.8) is 0 Å². The largest absolute Gasteiger partial charge is 0.496 e. The Morgan fingerprint density at radius 2 is 1.86 bits per heavy atom. The molecule has 0 spiro atoms. The number of rotatable bonds is 4. The molecule has 2 aromatic rings. The van der Waals surface area contributed by atoms with Crippen molar-refractivity contribution in [3.8, 4) is 5.75 Å². The van der Waals surface area contributed by atoms with Gasteiger partial charge in [0.05, 0.1) is 12.0 Å². The molecule has 0 fully saturated rings. The van der Waals surface area contributed by atoms with Gasteiger partial charge in [0.15, 0.2) is 0 Å². The molecule has 0 saturated carbocycles. The topological polar surface area (TPSA) is 61.2 Å². The number of imidazole rings is 1. The molecule has 0 saturated heterocycles. The predicted molar refractivity (Wildman–Crippen MR) is 81.4 cm³/mol. The highest BCUT2D eigenvalue weighted by molar-refractivity contribution is 7.90. The minimum Gasteiger partial charge on any atom is -0.496 e. The van der Waals surface area contributed by atoms with Crippen LogP contribution in [-0.2, 0) is 10.0 Å². The first-order valence-corrected chi connectivity index (χ1v) is 8.17. The summed E-state index contributed by atoms with van der Waals surface area (Å²) in [5.41, 5.74) is 1.44. The summed E-state index contributed by atoms with van der Waals surface area (Å²) in [6, 6.07) is 3.39. The van der Waals surface area contributed by atoms with Crippen molar-refractivity contribution >= 4 is 10.0 Å². The van der Waals surface area contributed by atoms with E-state index < -0.39 is 10.0 Å². The molecule has 1 heterocycles. The van der Waals surface area contributed by atoms with Crippen LogP contribution in [0.4, 0.5) is 0 Å². The fourth-order valence-corrected chi connectivity index (χ4v) is 4.00. The Hall–Kier alpha value is -1.82. The van der Waals surface area contributed by atoms with Crippen LogP contribution in [-0.4, -0.2) is 24.5 Å². The first kappa shape index (κ1) is 15.6. The van der Waals surface area contributed by atoms with E-state index in [2.05, 4.69) is 4.98 Å². The second kappa shape index (κ2) is 5.52. The fourth-order valence-electron chi connectivity index (χ4n) is 2.28. The van der Waals surface area contributed by atoms with E-state index in [0.717, 1.165) is 5.56 Å². The summed E-state index contributed by atoms with van der Waals surface area (Å²) in [6.07, 6.45) is 3.00. The van der Waals surface area contributed by atoms with Gasteiger partial charge in [0.1, 0.15) is 11.6 Å². The summed E-state index contributed by atoms with van der Waals surface area (Å²) in [5, 5.41) is 0. The molecule has 6 heteroatoms. The highest BCUT2D eigenvalue weighted by atomic mass is 32.2. The van der Waals surface area contributed by atoms with Gasteiger partial charge in [-0.3, -0.25) is 0 Å². The van der Waals surface area contributed by atoms with Gasteiger partial charge in [-0.2, -0.15) is 0 Å². The van der Waals surface area contributed by atoms with Crippen LogP contribution in [0.5, 0.6) is 5.75 Å². The van der Waals surface area contributed by atoms with E-state index in [4.69, 9.17) is 4.74 Å². The van der Waals surface area contributed by atoms with Gasteiger partial charge in [-0.1, -0.05) is 13.8 Å². The van der Waals surface area contributed by atoms with E-state index in [-0.39, 0.29) is 10.8 Å². The van der Waals surface area contributed by atoms with Crippen molar-refractivity contribution in [1.82, 2.24) is 8.96 Å². The Morgan fingerprint density at radius 1 is 1.19 bits per heavy atom. The molecule has 5 nitrogen and oxygen atoms in total. The molecular formula is C15H20N2O3S. The van der Waals surface area contributed by atoms with Crippen LogP contribution in [0.2, 0.25) is 0 Å². The molecule has 0 aliphatic heterocycles. The summed E-state index contributed by atoms with van der Waals surface area (Å²) in [4.78, 5) is 4.43. The minimum atomic E-state index is -3.65. The Bertz CT molecular complexity index is 761. The van der Waals surface area contributed by atoms with E-state index >= 15 is 0 Å². The molecule has 0 aliphatic carbocycles. The van der Waals surface area contributed by atoms with E-state index in [1.54, 1.807) is 26.2 Å². The molecule has 0 bridgehead atoms. The number of ether oxygens (including phenoxy) is 1. The Balaban J connectivity index is 2.65. The number of nitrogens with zero attached hydrogens (tertiary/aromatic N) is 2. The van der Waals surface area contributed by atoms with Gasteiger partial charge >= 0.3 is 0 Å². The molecule has 1 aromatic carbocycles. The second-order valence-corrected chi connectivity index (χ2v) is 7.11. The zero-order valence-electron chi connectivity index (χ0n) is 12.9. The maximum absolute atomic E-state index is 12.9. The molecule has 0 aliphatic rings. The lowest BCUT2D eigenvalue weighted by Gasteiger charge is -2.15. The van der Waals surface area contributed by atoms with Crippen LogP contribution >= 0.6 is 0 Å². The molecule has 0 N–H and O–H groups in total. The first-order valence-electron chi connectivity index (χ1n) is 6.73. The number of hydrogen-bond acceptors (Lipinski definition) is 4. The molecule has 0 atom stereocenters. The van der Waals surface area contributed by atoms with Crippen LogP contribution in [0.3, 0.4) is 0 Å². The van der Waals surface area contributed by atoms with Gasteiger partial charge < -0.3 is 4.74 Å². The SMILES string of the molecule is COc1cc(C)c(S(=O)(=O)n2ccnc2C(C)C)cc1C. The monoisotopic (exact) mass is 308 g/mol. The van der Waals surface area contributed by atoms with E-state index in [1.165, 1.54) is 16.4 Å². The highest BCUT2D eigenvalue weighted by Crippen LogP contribution is 2.28. The van der Waals surface area contributed by atoms with Crippen molar-refractivity contribution in [3.05, 3.63) is 41.5 Å². The fraction of sp³-hybridized carbons (Fsp3) is 0.400. The standard InChI is InChI=1S/C15H20N2O3S/c1-10(2)15-16-6-7-17(15)21(18,19)14-9-11(3)13(20-5)8-12(14)4/h6-10H,1-5H3. The van der Waals surface area contributed by atoms with E-state index in [1.807, 2.05) is 20.8 Å². The summed E-state index contributed by atoms with van der Waals surface area (Å²) in [6.45, 7) is 7.43. The number of methoxy groups -OCH3 is 1. The van der Waals surface area contributed by atoms with Gasteiger partial charge in [0.2, 0.25) is 0 Å². The van der Waals surface area contributed by atoms with Gasteiger partial charge in [-0.15, -0.1) is 0 Å². The van der Waals surface area contributed by atoms with E-state index in [0.29, 0.717) is 17.1 Å². The Labute approximate surface area is 125 Å². The third-order valence-electron chi connectivity index (χ3n) is 3.38. The number of benzene rings is 1. The van der Waals surface area contributed by atoms with Crippen LogP contribution in [0.25, 0.3) is 0 Å². The maximum atomic E-state index is 12.9. The molecule has 21 heavy (non-hydrogen) atoms. The zero-order valence-corrected chi connectivity index (χ0v) is 13.7. The van der Waals surface area contributed by atoms with Gasteiger partial charge in [0, 0.05) is 18.3 Å². The first-order chi connectivity index (χ1) is 9.78. The quantitative estimate of drug-likeness (QED) is 0.871. The highest BCUT2D eigenvalue weighted by Gasteiger charge is 2.24. The third kappa shape index (κ3) is 2.68. The average molecular weight is 308 g/mol. The van der Waals surface area contributed by atoms with Crippen molar-refractivity contribution in [2.75, 3.05) is 7.11 Å². The van der Waals surface area contributed by atoms with Crippen LogP contribution in [0.1, 0.15) is 36.7 Å². The Kier molecular flexibility index (Phi) is 4.09. The molecule has 1 aromatic heterocycles. The van der Waals surface area contributed by atoms with Crippen LogP contribution < -0.4 is 4.74 Å². The maximum Gasteiger partial charge on any atom is 0.269 e.